The summed E-state index contributed by atoms with van der Waals surface area (Å²) in [6, 6.07) is 3.38. The van der Waals surface area contributed by atoms with Crippen LogP contribution in [0, 0.1) is 35.2 Å². The predicted molar refractivity (Wildman–Crippen MR) is 97.1 cm³/mol. The molecule has 4 unspecified atom stereocenters. The molecule has 29 heavy (non-hydrogen) atoms. The highest BCUT2D eigenvalue weighted by atomic mass is 19.4. The van der Waals surface area contributed by atoms with Crippen molar-refractivity contribution in [1.82, 2.24) is 0 Å². The molecule has 0 N–H and O–H groups in total. The lowest BCUT2D eigenvalue weighted by molar-refractivity contribution is -0.276. The van der Waals surface area contributed by atoms with Crippen molar-refractivity contribution in [2.24, 2.45) is 17.8 Å². The normalized spacial score (nSPS) is 27.7. The first kappa shape index (κ1) is 20.4. The zero-order valence-electron chi connectivity index (χ0n) is 16.0. The summed E-state index contributed by atoms with van der Waals surface area (Å²) in [7, 11) is 0. The minimum absolute atomic E-state index is 0.0841. The third-order valence-corrected chi connectivity index (χ3v) is 6.63. The summed E-state index contributed by atoms with van der Waals surface area (Å²) < 4.78 is 83.9. The molecule has 2 aromatic rings. The largest absolute Gasteiger partial charge is 0.573 e. The van der Waals surface area contributed by atoms with Crippen LogP contribution in [0.1, 0.15) is 56.9 Å². The fraction of sp³-hybridized carbons (Fsp3) is 0.545. The Hall–Kier alpha value is -1.92. The lowest BCUT2D eigenvalue weighted by Crippen LogP contribution is -2.29. The molecule has 0 heterocycles. The second-order valence-electron chi connectivity index (χ2n) is 8.60. The Kier molecular flexibility index (Phi) is 5.20. The van der Waals surface area contributed by atoms with Gasteiger partial charge in [0.2, 0.25) is 5.75 Å². The molecule has 2 aromatic carbocycles. The molecule has 4 rings (SSSR count). The Bertz CT molecular complexity index is 922. The zero-order valence-corrected chi connectivity index (χ0v) is 16.0. The van der Waals surface area contributed by atoms with Gasteiger partial charge in [0.15, 0.2) is 11.6 Å². The number of hydrogen-bond donors (Lipinski definition) is 0. The van der Waals surface area contributed by atoms with Crippen LogP contribution < -0.4 is 4.74 Å². The zero-order chi connectivity index (χ0) is 20.9. The molecule has 0 aromatic heterocycles. The Balaban J connectivity index is 1.67. The minimum Gasteiger partial charge on any atom is -0.399 e. The number of benzene rings is 2. The first-order chi connectivity index (χ1) is 13.6. The molecule has 158 valence electrons. The monoisotopic (exact) mass is 416 g/mol. The van der Waals surface area contributed by atoms with Crippen LogP contribution in [-0.2, 0) is 0 Å². The highest BCUT2D eigenvalue weighted by molar-refractivity contribution is 5.86. The lowest BCUT2D eigenvalue weighted by atomic mass is 9.64. The predicted octanol–water partition coefficient (Wildman–Crippen LogP) is 7.48. The van der Waals surface area contributed by atoms with Gasteiger partial charge in [-0.05, 0) is 78.9 Å². The number of ether oxygens (including phenoxy) is 1. The standard InChI is InChI=1S/C22H22F6O/c1-11-2-3-13-7-14(5-4-12(13)6-11)15-8-16-10-18(24)21(29-22(26,27)28)20(25)19(16)17(23)9-15/h8-14H,2-7H2,1H3. The van der Waals surface area contributed by atoms with Gasteiger partial charge in [-0.3, -0.25) is 0 Å². The van der Waals surface area contributed by atoms with Crippen LogP contribution in [0.25, 0.3) is 10.8 Å². The van der Waals surface area contributed by atoms with Gasteiger partial charge in [0.05, 0.1) is 5.39 Å². The smallest absolute Gasteiger partial charge is 0.399 e. The topological polar surface area (TPSA) is 9.23 Å². The van der Waals surface area contributed by atoms with E-state index in [0.717, 1.165) is 31.6 Å². The average Bonchev–Trinajstić information content (AvgIpc) is 2.63. The molecule has 2 fully saturated rings. The summed E-state index contributed by atoms with van der Waals surface area (Å²) in [6.07, 6.45) is 1.07. The van der Waals surface area contributed by atoms with Crippen molar-refractivity contribution in [3.8, 4) is 5.75 Å². The molecule has 4 atom stereocenters. The van der Waals surface area contributed by atoms with Crippen LogP contribution in [-0.4, -0.2) is 6.36 Å². The van der Waals surface area contributed by atoms with Gasteiger partial charge in [-0.1, -0.05) is 19.4 Å². The highest BCUT2D eigenvalue weighted by Crippen LogP contribution is 2.48. The first-order valence-corrected chi connectivity index (χ1v) is 9.99. The molecular weight excluding hydrogens is 394 g/mol. The SMILES string of the molecule is CC1CCC2CC(c3cc(F)c4c(F)c(OC(F)(F)F)c(F)cc4c3)CCC2C1. The second-order valence-corrected chi connectivity index (χ2v) is 8.60. The van der Waals surface area contributed by atoms with Crippen molar-refractivity contribution in [2.75, 3.05) is 0 Å². The molecule has 2 saturated carbocycles. The summed E-state index contributed by atoms with van der Waals surface area (Å²) in [5.41, 5.74) is 0.648. The van der Waals surface area contributed by atoms with Crippen LogP contribution in [0.3, 0.4) is 0 Å². The van der Waals surface area contributed by atoms with E-state index in [1.807, 2.05) is 0 Å². The van der Waals surface area contributed by atoms with E-state index in [1.54, 1.807) is 0 Å². The maximum Gasteiger partial charge on any atom is 0.573 e. The van der Waals surface area contributed by atoms with Gasteiger partial charge < -0.3 is 4.74 Å². The Morgan fingerprint density at radius 1 is 0.862 bits per heavy atom. The molecule has 0 aliphatic heterocycles. The Morgan fingerprint density at radius 2 is 1.55 bits per heavy atom. The fourth-order valence-electron chi connectivity index (χ4n) is 5.29. The molecule has 1 nitrogen and oxygen atoms in total. The van der Waals surface area contributed by atoms with Crippen LogP contribution in [0.4, 0.5) is 26.3 Å². The van der Waals surface area contributed by atoms with Crippen LogP contribution in [0.2, 0.25) is 0 Å². The molecule has 0 spiro atoms. The number of rotatable bonds is 2. The fourth-order valence-corrected chi connectivity index (χ4v) is 5.29. The van der Waals surface area contributed by atoms with Gasteiger partial charge >= 0.3 is 6.36 Å². The summed E-state index contributed by atoms with van der Waals surface area (Å²) in [4.78, 5) is 0. The van der Waals surface area contributed by atoms with E-state index in [2.05, 4.69) is 11.7 Å². The Morgan fingerprint density at radius 3 is 2.28 bits per heavy atom. The molecule has 0 saturated heterocycles. The van der Waals surface area contributed by atoms with Crippen molar-refractivity contribution < 1.29 is 31.1 Å². The molecule has 7 heteroatoms. The maximum absolute atomic E-state index is 14.7. The maximum atomic E-state index is 14.7. The summed E-state index contributed by atoms with van der Waals surface area (Å²) in [5.74, 6) is -3.75. The van der Waals surface area contributed by atoms with E-state index in [4.69, 9.17) is 0 Å². The van der Waals surface area contributed by atoms with E-state index in [1.165, 1.54) is 25.0 Å². The van der Waals surface area contributed by atoms with Gasteiger partial charge in [0, 0.05) is 0 Å². The number of alkyl halides is 3. The van der Waals surface area contributed by atoms with Crippen molar-refractivity contribution in [3.05, 3.63) is 41.2 Å². The highest BCUT2D eigenvalue weighted by Gasteiger charge is 2.37. The summed E-state index contributed by atoms with van der Waals surface area (Å²) >= 11 is 0. The minimum atomic E-state index is -5.28. The van der Waals surface area contributed by atoms with Crippen molar-refractivity contribution in [3.63, 3.8) is 0 Å². The van der Waals surface area contributed by atoms with Gasteiger partial charge in [0.25, 0.3) is 0 Å². The van der Waals surface area contributed by atoms with E-state index in [-0.39, 0.29) is 11.3 Å². The molecule has 2 aliphatic carbocycles. The molecule has 0 bridgehead atoms. The van der Waals surface area contributed by atoms with E-state index in [9.17, 15) is 26.3 Å². The quantitative estimate of drug-likeness (QED) is 0.461. The molecule has 2 aliphatic rings. The number of fused-ring (bicyclic) bond motifs is 2. The molecule has 0 amide bonds. The average molecular weight is 416 g/mol. The number of halogens is 6. The van der Waals surface area contributed by atoms with Crippen molar-refractivity contribution >= 4 is 10.8 Å². The third-order valence-electron chi connectivity index (χ3n) is 6.63. The Labute approximate surface area is 165 Å². The molecular formula is C22H22F6O. The summed E-state index contributed by atoms with van der Waals surface area (Å²) in [5, 5.41) is -0.779. The van der Waals surface area contributed by atoms with Gasteiger partial charge in [0.1, 0.15) is 5.82 Å². The van der Waals surface area contributed by atoms with Gasteiger partial charge in [-0.25, -0.2) is 13.2 Å². The van der Waals surface area contributed by atoms with Crippen LogP contribution in [0.5, 0.6) is 5.75 Å². The number of hydrogen-bond acceptors (Lipinski definition) is 1. The van der Waals surface area contributed by atoms with E-state index < -0.39 is 34.9 Å². The van der Waals surface area contributed by atoms with Crippen molar-refractivity contribution in [2.45, 2.75) is 57.7 Å². The summed E-state index contributed by atoms with van der Waals surface area (Å²) in [6.45, 7) is 2.26. The van der Waals surface area contributed by atoms with Crippen LogP contribution >= 0.6 is 0 Å². The molecule has 0 radical (unpaired) electrons. The van der Waals surface area contributed by atoms with Crippen LogP contribution in [0.15, 0.2) is 18.2 Å². The van der Waals surface area contributed by atoms with E-state index in [0.29, 0.717) is 23.5 Å². The third kappa shape index (κ3) is 4.05. The second kappa shape index (κ2) is 7.40. The van der Waals surface area contributed by atoms with Gasteiger partial charge in [-0.15, -0.1) is 13.2 Å². The first-order valence-electron chi connectivity index (χ1n) is 9.99. The van der Waals surface area contributed by atoms with E-state index >= 15 is 0 Å². The lowest BCUT2D eigenvalue weighted by Gasteiger charge is -2.41. The van der Waals surface area contributed by atoms with Crippen molar-refractivity contribution in [1.29, 1.82) is 0 Å². The van der Waals surface area contributed by atoms with Gasteiger partial charge in [-0.2, -0.15) is 0 Å².